The predicted molar refractivity (Wildman–Crippen MR) is 73.7 cm³/mol. The maximum absolute atomic E-state index is 5.97. The van der Waals surface area contributed by atoms with Crippen molar-refractivity contribution in [2.45, 2.75) is 38.3 Å². The van der Waals surface area contributed by atoms with Gasteiger partial charge in [0.05, 0.1) is 23.7 Å². The minimum absolute atomic E-state index is 0.0483. The fourth-order valence-corrected chi connectivity index (χ4v) is 2.38. The van der Waals surface area contributed by atoms with E-state index >= 15 is 0 Å². The summed E-state index contributed by atoms with van der Waals surface area (Å²) in [6.45, 7) is 4.12. The molecule has 18 heavy (non-hydrogen) atoms. The molecule has 0 bridgehead atoms. The van der Waals surface area contributed by atoms with Crippen LogP contribution in [0.15, 0.2) is 18.3 Å². The van der Waals surface area contributed by atoms with Crippen molar-refractivity contribution in [1.29, 1.82) is 0 Å². The Balaban J connectivity index is 2.04. The van der Waals surface area contributed by atoms with E-state index in [0.29, 0.717) is 6.10 Å². The van der Waals surface area contributed by atoms with Gasteiger partial charge < -0.3 is 15.4 Å². The molecule has 0 radical (unpaired) electrons. The van der Waals surface area contributed by atoms with Crippen LogP contribution in [0.25, 0.3) is 0 Å². The lowest BCUT2D eigenvalue weighted by atomic mass is 10.1. The summed E-state index contributed by atoms with van der Waals surface area (Å²) in [6.07, 6.45) is 5.52. The van der Waals surface area contributed by atoms with E-state index in [1.165, 1.54) is 12.1 Å². The number of rotatable bonds is 4. The number of methoxy groups -OCH3 is 1. The second-order valence-corrected chi connectivity index (χ2v) is 4.90. The summed E-state index contributed by atoms with van der Waals surface area (Å²) in [5.74, 6) is 0. The lowest BCUT2D eigenvalue weighted by Crippen LogP contribution is -2.39. The van der Waals surface area contributed by atoms with Crippen molar-refractivity contribution < 1.29 is 4.74 Å². The highest BCUT2D eigenvalue weighted by Crippen LogP contribution is 2.21. The van der Waals surface area contributed by atoms with Crippen LogP contribution in [-0.2, 0) is 4.74 Å². The standard InChI is InChI=1S/C14H23N3O/c1-3-13(15)14-7-6-11(9-16-14)17-8-4-5-12(10-17)18-2/h6-7,9,12-13H,3-5,8,10,15H2,1-2H3/t12?,13-/m0/s1. The molecule has 0 saturated carbocycles. The molecule has 2 N–H and O–H groups in total. The van der Waals surface area contributed by atoms with Gasteiger partial charge >= 0.3 is 0 Å². The van der Waals surface area contributed by atoms with Crippen LogP contribution in [0.4, 0.5) is 5.69 Å². The minimum Gasteiger partial charge on any atom is -0.380 e. The lowest BCUT2D eigenvalue weighted by Gasteiger charge is -2.33. The first-order valence-electron chi connectivity index (χ1n) is 6.74. The first-order valence-corrected chi connectivity index (χ1v) is 6.74. The van der Waals surface area contributed by atoms with Gasteiger partial charge in [0.1, 0.15) is 0 Å². The maximum Gasteiger partial charge on any atom is 0.0746 e. The highest BCUT2D eigenvalue weighted by atomic mass is 16.5. The summed E-state index contributed by atoms with van der Waals surface area (Å²) < 4.78 is 5.44. The molecule has 1 saturated heterocycles. The Morgan fingerprint density at radius 3 is 3.00 bits per heavy atom. The topological polar surface area (TPSA) is 51.4 Å². The van der Waals surface area contributed by atoms with E-state index in [1.807, 2.05) is 12.3 Å². The number of nitrogens with zero attached hydrogens (tertiary/aromatic N) is 2. The van der Waals surface area contributed by atoms with Gasteiger partial charge in [-0.2, -0.15) is 0 Å². The van der Waals surface area contributed by atoms with E-state index < -0.39 is 0 Å². The molecule has 1 fully saturated rings. The van der Waals surface area contributed by atoms with E-state index in [-0.39, 0.29) is 6.04 Å². The van der Waals surface area contributed by atoms with Crippen molar-refractivity contribution in [3.8, 4) is 0 Å². The Hall–Kier alpha value is -1.13. The third kappa shape index (κ3) is 3.00. The number of aromatic nitrogens is 1. The molecule has 4 heteroatoms. The van der Waals surface area contributed by atoms with E-state index in [9.17, 15) is 0 Å². The van der Waals surface area contributed by atoms with E-state index in [2.05, 4.69) is 22.9 Å². The van der Waals surface area contributed by atoms with Crippen LogP contribution < -0.4 is 10.6 Å². The molecule has 1 aliphatic rings. The highest BCUT2D eigenvalue weighted by Gasteiger charge is 2.19. The van der Waals surface area contributed by atoms with Gasteiger partial charge in [-0.25, -0.2) is 0 Å². The zero-order valence-corrected chi connectivity index (χ0v) is 11.3. The molecule has 0 spiro atoms. The number of piperidine rings is 1. The third-order valence-electron chi connectivity index (χ3n) is 3.67. The van der Waals surface area contributed by atoms with Gasteiger partial charge in [-0.05, 0) is 31.4 Å². The number of pyridine rings is 1. The summed E-state index contributed by atoms with van der Waals surface area (Å²) in [4.78, 5) is 6.81. The van der Waals surface area contributed by atoms with Gasteiger partial charge in [-0.15, -0.1) is 0 Å². The van der Waals surface area contributed by atoms with Gasteiger partial charge in [0.2, 0.25) is 0 Å². The van der Waals surface area contributed by atoms with Gasteiger partial charge in [-0.1, -0.05) is 6.92 Å². The molecule has 0 amide bonds. The Morgan fingerprint density at radius 2 is 2.39 bits per heavy atom. The van der Waals surface area contributed by atoms with Crippen molar-refractivity contribution >= 4 is 5.69 Å². The van der Waals surface area contributed by atoms with E-state index in [0.717, 1.165) is 31.6 Å². The largest absolute Gasteiger partial charge is 0.380 e. The zero-order valence-electron chi connectivity index (χ0n) is 11.3. The molecular formula is C14H23N3O. The molecule has 1 unspecified atom stereocenters. The fraction of sp³-hybridized carbons (Fsp3) is 0.643. The van der Waals surface area contributed by atoms with Crippen molar-refractivity contribution in [1.82, 2.24) is 4.98 Å². The second kappa shape index (κ2) is 6.16. The van der Waals surface area contributed by atoms with E-state index in [1.54, 1.807) is 7.11 Å². The van der Waals surface area contributed by atoms with Crippen LogP contribution in [0.1, 0.15) is 37.9 Å². The molecule has 2 heterocycles. The number of hydrogen-bond acceptors (Lipinski definition) is 4. The molecule has 0 aliphatic carbocycles. The van der Waals surface area contributed by atoms with Crippen LogP contribution >= 0.6 is 0 Å². The SMILES string of the molecule is CC[C@H](N)c1ccc(N2CCCC(OC)C2)cn1. The maximum atomic E-state index is 5.97. The highest BCUT2D eigenvalue weighted by molar-refractivity contribution is 5.45. The predicted octanol–water partition coefficient (Wildman–Crippen LogP) is 2.11. The Morgan fingerprint density at radius 1 is 1.56 bits per heavy atom. The normalized spacial score (nSPS) is 21.9. The Bertz CT molecular complexity index is 366. The number of anilines is 1. The van der Waals surface area contributed by atoms with Crippen LogP contribution in [0.5, 0.6) is 0 Å². The van der Waals surface area contributed by atoms with Crippen molar-refractivity contribution in [2.24, 2.45) is 5.73 Å². The van der Waals surface area contributed by atoms with Crippen LogP contribution in [0.2, 0.25) is 0 Å². The van der Waals surface area contributed by atoms with Gasteiger partial charge in [0.25, 0.3) is 0 Å². The average molecular weight is 249 g/mol. The molecule has 1 aliphatic heterocycles. The quantitative estimate of drug-likeness (QED) is 0.888. The smallest absolute Gasteiger partial charge is 0.0746 e. The number of nitrogens with two attached hydrogens (primary N) is 1. The minimum atomic E-state index is 0.0483. The summed E-state index contributed by atoms with van der Waals surface area (Å²) in [6, 6.07) is 4.21. The first kappa shape index (κ1) is 13.3. The zero-order chi connectivity index (χ0) is 13.0. The number of hydrogen-bond donors (Lipinski definition) is 1. The molecule has 1 aromatic rings. The molecule has 2 atom stereocenters. The van der Waals surface area contributed by atoms with Crippen molar-refractivity contribution in [3.63, 3.8) is 0 Å². The summed E-state index contributed by atoms with van der Waals surface area (Å²) in [5, 5.41) is 0. The van der Waals surface area contributed by atoms with Crippen molar-refractivity contribution in [3.05, 3.63) is 24.0 Å². The molecular weight excluding hydrogens is 226 g/mol. The Labute approximate surface area is 109 Å². The van der Waals surface area contributed by atoms with Gasteiger partial charge in [-0.3, -0.25) is 4.98 Å². The molecule has 2 rings (SSSR count). The third-order valence-corrected chi connectivity index (χ3v) is 3.67. The van der Waals surface area contributed by atoms with E-state index in [4.69, 9.17) is 10.5 Å². The van der Waals surface area contributed by atoms with Gasteiger partial charge in [0, 0.05) is 26.2 Å². The van der Waals surface area contributed by atoms with Crippen LogP contribution in [0, 0.1) is 0 Å². The number of ether oxygens (including phenoxy) is 1. The van der Waals surface area contributed by atoms with Gasteiger partial charge in [0.15, 0.2) is 0 Å². The van der Waals surface area contributed by atoms with Crippen LogP contribution in [0.3, 0.4) is 0 Å². The Kier molecular flexibility index (Phi) is 4.55. The molecule has 0 aromatic carbocycles. The lowest BCUT2D eigenvalue weighted by molar-refractivity contribution is 0.0893. The van der Waals surface area contributed by atoms with Crippen molar-refractivity contribution in [2.75, 3.05) is 25.1 Å². The molecule has 100 valence electrons. The summed E-state index contributed by atoms with van der Waals surface area (Å²) in [5.41, 5.74) is 8.11. The second-order valence-electron chi connectivity index (χ2n) is 4.90. The molecule has 4 nitrogen and oxygen atoms in total. The summed E-state index contributed by atoms with van der Waals surface area (Å²) in [7, 11) is 1.79. The van der Waals surface area contributed by atoms with Crippen LogP contribution in [-0.4, -0.2) is 31.3 Å². The monoisotopic (exact) mass is 249 g/mol. The summed E-state index contributed by atoms with van der Waals surface area (Å²) >= 11 is 0. The fourth-order valence-electron chi connectivity index (χ4n) is 2.38. The first-order chi connectivity index (χ1) is 8.74. The molecule has 1 aromatic heterocycles. The average Bonchev–Trinajstić information content (AvgIpc) is 2.46.